The summed E-state index contributed by atoms with van der Waals surface area (Å²) >= 11 is 0. The molecular formula is C17H20N2O2. The third-order valence-corrected chi connectivity index (χ3v) is 3.04. The van der Waals surface area contributed by atoms with E-state index in [0.29, 0.717) is 18.7 Å². The monoisotopic (exact) mass is 284 g/mol. The predicted molar refractivity (Wildman–Crippen MR) is 84.4 cm³/mol. The van der Waals surface area contributed by atoms with Crippen molar-refractivity contribution in [2.24, 2.45) is 0 Å². The zero-order valence-electron chi connectivity index (χ0n) is 11.9. The van der Waals surface area contributed by atoms with Gasteiger partial charge in [-0.25, -0.2) is 0 Å². The quantitative estimate of drug-likeness (QED) is 0.607. The maximum absolute atomic E-state index is 11.8. The van der Waals surface area contributed by atoms with Crippen LogP contribution in [0.1, 0.15) is 23.2 Å². The number of nitrogens with two attached hydrogens (primary N) is 1. The van der Waals surface area contributed by atoms with E-state index in [1.807, 2.05) is 42.5 Å². The van der Waals surface area contributed by atoms with Crippen molar-refractivity contribution >= 4 is 11.6 Å². The smallest absolute Gasteiger partial charge is 0.251 e. The Morgan fingerprint density at radius 2 is 1.71 bits per heavy atom. The molecule has 4 heteroatoms. The minimum absolute atomic E-state index is 0.0324. The maximum Gasteiger partial charge on any atom is 0.251 e. The van der Waals surface area contributed by atoms with Crippen molar-refractivity contribution in [1.29, 1.82) is 0 Å². The van der Waals surface area contributed by atoms with Gasteiger partial charge >= 0.3 is 0 Å². The number of benzene rings is 2. The van der Waals surface area contributed by atoms with Crippen molar-refractivity contribution in [3.05, 3.63) is 60.2 Å². The number of anilines is 1. The van der Waals surface area contributed by atoms with Gasteiger partial charge in [0.1, 0.15) is 5.75 Å². The topological polar surface area (TPSA) is 64.3 Å². The van der Waals surface area contributed by atoms with Gasteiger partial charge in [0.05, 0.1) is 6.61 Å². The summed E-state index contributed by atoms with van der Waals surface area (Å²) < 4.78 is 5.58. The number of carbonyl (C=O) groups excluding carboxylic acids is 1. The third-order valence-electron chi connectivity index (χ3n) is 3.04. The van der Waals surface area contributed by atoms with E-state index < -0.39 is 0 Å². The lowest BCUT2D eigenvalue weighted by Crippen LogP contribution is -2.24. The van der Waals surface area contributed by atoms with E-state index in [0.717, 1.165) is 24.3 Å². The minimum Gasteiger partial charge on any atom is -0.494 e. The number of hydrogen-bond donors (Lipinski definition) is 2. The molecule has 2 aromatic carbocycles. The van der Waals surface area contributed by atoms with Gasteiger partial charge in [0.2, 0.25) is 0 Å². The number of amides is 1. The molecule has 4 nitrogen and oxygen atoms in total. The van der Waals surface area contributed by atoms with E-state index in [-0.39, 0.29) is 5.91 Å². The van der Waals surface area contributed by atoms with Gasteiger partial charge in [0, 0.05) is 17.8 Å². The fourth-order valence-corrected chi connectivity index (χ4v) is 1.87. The number of nitrogens with one attached hydrogen (secondary N) is 1. The molecule has 1 amide bonds. The Kier molecular flexibility index (Phi) is 5.64. The lowest BCUT2D eigenvalue weighted by Gasteiger charge is -2.07. The second kappa shape index (κ2) is 7.94. The van der Waals surface area contributed by atoms with Gasteiger partial charge in [-0.15, -0.1) is 0 Å². The average Bonchev–Trinajstić information content (AvgIpc) is 2.53. The standard InChI is InChI=1S/C17H20N2O2/c18-15-8-10-16(11-9-15)21-13-5-4-12-19-17(20)14-6-2-1-3-7-14/h1-3,6-11H,4-5,12-13,18H2,(H,19,20). The molecule has 21 heavy (non-hydrogen) atoms. The van der Waals surface area contributed by atoms with Crippen molar-refractivity contribution < 1.29 is 9.53 Å². The van der Waals surface area contributed by atoms with Crippen LogP contribution in [0.25, 0.3) is 0 Å². The molecule has 2 rings (SSSR count). The van der Waals surface area contributed by atoms with Crippen LogP contribution < -0.4 is 15.8 Å². The third kappa shape index (κ3) is 5.18. The Bertz CT molecular complexity index is 553. The summed E-state index contributed by atoms with van der Waals surface area (Å²) in [5.74, 6) is 0.785. The number of carbonyl (C=O) groups is 1. The molecule has 0 saturated carbocycles. The first kappa shape index (κ1) is 14.9. The van der Waals surface area contributed by atoms with Gasteiger partial charge in [-0.2, -0.15) is 0 Å². The highest BCUT2D eigenvalue weighted by molar-refractivity contribution is 5.94. The number of unbranched alkanes of at least 4 members (excludes halogenated alkanes) is 1. The minimum atomic E-state index is -0.0324. The van der Waals surface area contributed by atoms with E-state index in [1.165, 1.54) is 0 Å². The van der Waals surface area contributed by atoms with E-state index in [9.17, 15) is 4.79 Å². The summed E-state index contributed by atoms with van der Waals surface area (Å²) in [4.78, 5) is 11.8. The molecule has 3 N–H and O–H groups in total. The second-order valence-corrected chi connectivity index (χ2v) is 4.75. The molecule has 0 atom stereocenters. The summed E-state index contributed by atoms with van der Waals surface area (Å²) in [5, 5.41) is 2.89. The lowest BCUT2D eigenvalue weighted by molar-refractivity contribution is 0.0952. The lowest BCUT2D eigenvalue weighted by atomic mass is 10.2. The maximum atomic E-state index is 11.8. The molecule has 0 bridgehead atoms. The highest BCUT2D eigenvalue weighted by Crippen LogP contribution is 2.13. The number of hydrogen-bond acceptors (Lipinski definition) is 3. The summed E-state index contributed by atoms with van der Waals surface area (Å²) in [6.07, 6.45) is 1.77. The molecule has 0 aliphatic carbocycles. The second-order valence-electron chi connectivity index (χ2n) is 4.75. The van der Waals surface area contributed by atoms with Crippen molar-refractivity contribution in [2.75, 3.05) is 18.9 Å². The largest absolute Gasteiger partial charge is 0.494 e. The van der Waals surface area contributed by atoms with E-state index in [2.05, 4.69) is 5.32 Å². The zero-order chi connectivity index (χ0) is 14.9. The summed E-state index contributed by atoms with van der Waals surface area (Å²) in [5.41, 5.74) is 7.02. The first-order chi connectivity index (χ1) is 10.3. The number of rotatable bonds is 7. The molecule has 0 heterocycles. The molecule has 0 saturated heterocycles. The Labute approximate surface area is 124 Å². The van der Waals surface area contributed by atoms with Gasteiger partial charge in [-0.1, -0.05) is 18.2 Å². The van der Waals surface area contributed by atoms with E-state index >= 15 is 0 Å². The summed E-state index contributed by atoms with van der Waals surface area (Å²) in [6.45, 7) is 1.28. The van der Waals surface area contributed by atoms with E-state index in [1.54, 1.807) is 12.1 Å². The Morgan fingerprint density at radius 1 is 1.00 bits per heavy atom. The molecule has 0 spiro atoms. The van der Waals surface area contributed by atoms with Crippen LogP contribution in [0, 0.1) is 0 Å². The molecule has 0 fully saturated rings. The van der Waals surface area contributed by atoms with Gasteiger partial charge in [0.15, 0.2) is 0 Å². The fraction of sp³-hybridized carbons (Fsp3) is 0.235. The Balaban J connectivity index is 1.58. The van der Waals surface area contributed by atoms with Crippen LogP contribution in [-0.4, -0.2) is 19.1 Å². The summed E-state index contributed by atoms with van der Waals surface area (Å²) in [6, 6.07) is 16.6. The van der Waals surface area contributed by atoms with Crippen LogP contribution in [0.2, 0.25) is 0 Å². The van der Waals surface area contributed by atoms with Crippen LogP contribution in [-0.2, 0) is 0 Å². The highest BCUT2D eigenvalue weighted by Gasteiger charge is 2.02. The number of ether oxygens (including phenoxy) is 1. The SMILES string of the molecule is Nc1ccc(OCCCCNC(=O)c2ccccc2)cc1. The summed E-state index contributed by atoms with van der Waals surface area (Å²) in [7, 11) is 0. The Hall–Kier alpha value is -2.49. The fourth-order valence-electron chi connectivity index (χ4n) is 1.87. The van der Waals surface area contributed by atoms with Crippen molar-refractivity contribution in [3.8, 4) is 5.75 Å². The molecule has 0 aliphatic heterocycles. The molecule has 0 unspecified atom stereocenters. The predicted octanol–water partition coefficient (Wildman–Crippen LogP) is 2.86. The molecule has 0 radical (unpaired) electrons. The van der Waals surface area contributed by atoms with Gasteiger partial charge in [-0.3, -0.25) is 4.79 Å². The van der Waals surface area contributed by atoms with Crippen molar-refractivity contribution in [1.82, 2.24) is 5.32 Å². The molecule has 0 aromatic heterocycles. The van der Waals surface area contributed by atoms with Crippen LogP contribution in [0.3, 0.4) is 0 Å². The number of nitrogen functional groups attached to an aromatic ring is 1. The van der Waals surface area contributed by atoms with Crippen LogP contribution in [0.15, 0.2) is 54.6 Å². The normalized spacial score (nSPS) is 10.1. The highest BCUT2D eigenvalue weighted by atomic mass is 16.5. The molecule has 110 valence electrons. The van der Waals surface area contributed by atoms with E-state index in [4.69, 9.17) is 10.5 Å². The van der Waals surface area contributed by atoms with Gasteiger partial charge in [0.25, 0.3) is 5.91 Å². The molecule has 2 aromatic rings. The van der Waals surface area contributed by atoms with Gasteiger partial charge in [-0.05, 0) is 49.2 Å². The van der Waals surface area contributed by atoms with Gasteiger partial charge < -0.3 is 15.8 Å². The Morgan fingerprint density at radius 3 is 2.43 bits per heavy atom. The molecular weight excluding hydrogens is 264 g/mol. The van der Waals surface area contributed by atoms with Crippen LogP contribution in [0.4, 0.5) is 5.69 Å². The van der Waals surface area contributed by atoms with Crippen molar-refractivity contribution in [3.63, 3.8) is 0 Å². The average molecular weight is 284 g/mol. The van der Waals surface area contributed by atoms with Crippen molar-refractivity contribution in [2.45, 2.75) is 12.8 Å². The zero-order valence-corrected chi connectivity index (χ0v) is 11.9. The molecule has 0 aliphatic rings. The van der Waals surface area contributed by atoms with Crippen LogP contribution >= 0.6 is 0 Å². The first-order valence-corrected chi connectivity index (χ1v) is 7.07. The van der Waals surface area contributed by atoms with Crippen LogP contribution in [0.5, 0.6) is 5.75 Å². The first-order valence-electron chi connectivity index (χ1n) is 7.07.